The van der Waals surface area contributed by atoms with Gasteiger partial charge >= 0.3 is 0 Å². The highest BCUT2D eigenvalue weighted by atomic mass is 127. The molecule has 0 saturated carbocycles. The van der Waals surface area contributed by atoms with Crippen LogP contribution in [0.3, 0.4) is 0 Å². The number of hydrogen-bond donors (Lipinski definition) is 3. The molecule has 2 unspecified atom stereocenters. The van der Waals surface area contributed by atoms with Crippen molar-refractivity contribution in [1.82, 2.24) is 10.6 Å². The monoisotopic (exact) mass is 479 g/mol. The van der Waals surface area contributed by atoms with Crippen molar-refractivity contribution in [3.8, 4) is 0 Å². The van der Waals surface area contributed by atoms with Gasteiger partial charge in [0.25, 0.3) is 0 Å². The Bertz CT molecular complexity index is 636. The van der Waals surface area contributed by atoms with Gasteiger partial charge in [0.2, 0.25) is 0 Å². The number of benzene rings is 1. The first-order valence-corrected chi connectivity index (χ1v) is 8.82. The highest BCUT2D eigenvalue weighted by Crippen LogP contribution is 2.26. The third-order valence-corrected chi connectivity index (χ3v) is 4.67. The average molecular weight is 480 g/mol. The molecule has 0 bridgehead atoms. The summed E-state index contributed by atoms with van der Waals surface area (Å²) in [6.07, 6.45) is -0.644. The molecule has 4 nitrogen and oxygen atoms in total. The van der Waals surface area contributed by atoms with Gasteiger partial charge in [0.1, 0.15) is 6.10 Å². The molecule has 2 aromatic rings. The Kier molecular flexibility index (Phi) is 9.65. The normalized spacial score (nSPS) is 13.8. The Hall–Kier alpha value is -0.830. The van der Waals surface area contributed by atoms with Crippen LogP contribution < -0.4 is 10.6 Å². The number of hydrogen-bond acceptors (Lipinski definition) is 3. The molecule has 0 spiro atoms. The smallest absolute Gasteiger partial charge is 0.191 e. The molecule has 0 aliphatic heterocycles. The van der Waals surface area contributed by atoms with E-state index in [1.54, 1.807) is 6.07 Å². The molecule has 1 heterocycles. The molecule has 2 atom stereocenters. The number of guanidine groups is 1. The van der Waals surface area contributed by atoms with Crippen molar-refractivity contribution in [3.05, 3.63) is 57.2 Å². The van der Waals surface area contributed by atoms with Crippen LogP contribution in [0.2, 0.25) is 4.34 Å². The molecular formula is C17H23ClIN3OS. The predicted molar refractivity (Wildman–Crippen MR) is 114 cm³/mol. The van der Waals surface area contributed by atoms with Crippen molar-refractivity contribution in [2.45, 2.75) is 26.0 Å². The van der Waals surface area contributed by atoms with Gasteiger partial charge in [0, 0.05) is 11.4 Å². The molecule has 3 N–H and O–H groups in total. The number of halogens is 2. The fraction of sp³-hybridized carbons (Fsp3) is 0.353. The highest BCUT2D eigenvalue weighted by molar-refractivity contribution is 14.0. The highest BCUT2D eigenvalue weighted by Gasteiger charge is 2.11. The first-order chi connectivity index (χ1) is 11.1. The van der Waals surface area contributed by atoms with E-state index in [2.05, 4.69) is 34.7 Å². The van der Waals surface area contributed by atoms with E-state index in [0.717, 1.165) is 11.4 Å². The van der Waals surface area contributed by atoms with Crippen LogP contribution in [0, 0.1) is 0 Å². The van der Waals surface area contributed by atoms with E-state index in [4.69, 9.17) is 11.6 Å². The molecule has 132 valence electrons. The number of nitrogens with one attached hydrogen (secondary N) is 2. The topological polar surface area (TPSA) is 56.7 Å². The van der Waals surface area contributed by atoms with Gasteiger partial charge in [-0.2, -0.15) is 0 Å². The van der Waals surface area contributed by atoms with Crippen LogP contribution >= 0.6 is 46.9 Å². The lowest BCUT2D eigenvalue weighted by molar-refractivity contribution is 0.191. The summed E-state index contributed by atoms with van der Waals surface area (Å²) in [6.45, 7) is 5.14. The van der Waals surface area contributed by atoms with Crippen molar-refractivity contribution in [2.75, 3.05) is 13.1 Å². The molecule has 1 aromatic carbocycles. The minimum absolute atomic E-state index is 0. The molecule has 24 heavy (non-hydrogen) atoms. The van der Waals surface area contributed by atoms with Crippen LogP contribution in [0.1, 0.15) is 36.4 Å². The van der Waals surface area contributed by atoms with Crippen LogP contribution in [0.5, 0.6) is 0 Å². The Balaban J connectivity index is 0.00000288. The predicted octanol–water partition coefficient (Wildman–Crippen LogP) is 4.37. The Labute approximate surface area is 169 Å². The van der Waals surface area contributed by atoms with Gasteiger partial charge in [-0.25, -0.2) is 0 Å². The van der Waals surface area contributed by atoms with E-state index in [1.165, 1.54) is 16.9 Å². The van der Waals surface area contributed by atoms with Gasteiger partial charge in [-0.3, -0.25) is 4.99 Å². The molecule has 7 heteroatoms. The summed E-state index contributed by atoms with van der Waals surface area (Å²) in [6, 6.07) is 13.9. The van der Waals surface area contributed by atoms with E-state index in [-0.39, 0.29) is 36.6 Å². The van der Waals surface area contributed by atoms with Crippen molar-refractivity contribution >= 4 is 52.9 Å². The van der Waals surface area contributed by atoms with E-state index in [0.29, 0.717) is 10.3 Å². The molecule has 0 aliphatic rings. The number of rotatable bonds is 6. The maximum atomic E-state index is 10.2. The first-order valence-electron chi connectivity index (χ1n) is 7.63. The summed E-state index contributed by atoms with van der Waals surface area (Å²) in [5.74, 6) is 0.686. The summed E-state index contributed by atoms with van der Waals surface area (Å²) in [4.78, 5) is 5.30. The summed E-state index contributed by atoms with van der Waals surface area (Å²) < 4.78 is 0.672. The van der Waals surface area contributed by atoms with Crippen molar-refractivity contribution in [3.63, 3.8) is 0 Å². The largest absolute Gasteiger partial charge is 0.386 e. The van der Waals surface area contributed by atoms with Gasteiger partial charge in [-0.1, -0.05) is 41.9 Å². The van der Waals surface area contributed by atoms with Crippen molar-refractivity contribution < 1.29 is 5.11 Å². The van der Waals surface area contributed by atoms with Crippen LogP contribution in [-0.4, -0.2) is 24.2 Å². The summed E-state index contributed by atoms with van der Waals surface area (Å²) >= 11 is 7.28. The lowest BCUT2D eigenvalue weighted by Crippen LogP contribution is -2.39. The second kappa shape index (κ2) is 10.9. The summed E-state index contributed by atoms with van der Waals surface area (Å²) in [5.41, 5.74) is 1.18. The first kappa shape index (κ1) is 21.2. The maximum Gasteiger partial charge on any atom is 0.191 e. The van der Waals surface area contributed by atoms with Crippen LogP contribution in [0.4, 0.5) is 0 Å². The van der Waals surface area contributed by atoms with E-state index >= 15 is 0 Å². The zero-order chi connectivity index (χ0) is 16.7. The molecule has 0 fully saturated rings. The van der Waals surface area contributed by atoms with E-state index < -0.39 is 6.10 Å². The fourth-order valence-electron chi connectivity index (χ4n) is 2.13. The minimum Gasteiger partial charge on any atom is -0.386 e. The number of thiophene rings is 1. The fourth-order valence-corrected chi connectivity index (χ4v) is 3.16. The minimum atomic E-state index is -0.644. The van der Waals surface area contributed by atoms with Crippen molar-refractivity contribution in [2.24, 2.45) is 4.99 Å². The molecular weight excluding hydrogens is 457 g/mol. The molecule has 2 rings (SSSR count). The Morgan fingerprint density at radius 2 is 1.96 bits per heavy atom. The number of aliphatic hydroxyl groups is 1. The number of nitrogens with zero attached hydrogens (tertiary/aromatic N) is 1. The standard InChI is InChI=1S/C17H22ClN3OS.HI/c1-3-19-17(21-12(2)13-7-5-4-6-8-13)20-11-14(22)15-9-10-16(18)23-15;/h4-10,12,14,22H,3,11H2,1-2H3,(H2,19,20,21);1H. The molecule has 0 radical (unpaired) electrons. The van der Waals surface area contributed by atoms with Gasteiger partial charge < -0.3 is 15.7 Å². The quantitative estimate of drug-likeness (QED) is 0.328. The zero-order valence-electron chi connectivity index (χ0n) is 13.7. The second-order valence-electron chi connectivity index (χ2n) is 5.15. The molecule has 1 aromatic heterocycles. The number of aliphatic imine (C=N–C) groups is 1. The molecule has 0 aliphatic carbocycles. The Morgan fingerprint density at radius 3 is 2.54 bits per heavy atom. The van der Waals surface area contributed by atoms with Crippen LogP contribution in [0.15, 0.2) is 47.5 Å². The van der Waals surface area contributed by atoms with Gasteiger partial charge in [-0.15, -0.1) is 35.3 Å². The number of aliphatic hydroxyl groups excluding tert-OH is 1. The summed E-state index contributed by atoms with van der Waals surface area (Å²) in [7, 11) is 0. The maximum absolute atomic E-state index is 10.2. The second-order valence-corrected chi connectivity index (χ2v) is 6.90. The zero-order valence-corrected chi connectivity index (χ0v) is 17.6. The molecule has 0 saturated heterocycles. The summed E-state index contributed by atoms with van der Waals surface area (Å²) in [5, 5.41) is 16.7. The molecule has 0 amide bonds. The van der Waals surface area contributed by atoms with Gasteiger partial charge in [-0.05, 0) is 31.5 Å². The lowest BCUT2D eigenvalue weighted by atomic mass is 10.1. The van der Waals surface area contributed by atoms with Gasteiger partial charge in [0.05, 0.1) is 16.9 Å². The SMILES string of the molecule is CCNC(=NCC(O)c1ccc(Cl)s1)NC(C)c1ccccc1.I. The van der Waals surface area contributed by atoms with Gasteiger partial charge in [0.15, 0.2) is 5.96 Å². The van der Waals surface area contributed by atoms with Crippen molar-refractivity contribution in [1.29, 1.82) is 0 Å². The van der Waals surface area contributed by atoms with E-state index in [9.17, 15) is 5.11 Å². The third-order valence-electron chi connectivity index (χ3n) is 3.34. The van der Waals surface area contributed by atoms with E-state index in [1.807, 2.05) is 31.2 Å². The Morgan fingerprint density at radius 1 is 1.25 bits per heavy atom. The average Bonchev–Trinajstić information content (AvgIpc) is 3.00. The lowest BCUT2D eigenvalue weighted by Gasteiger charge is -2.18. The van der Waals surface area contributed by atoms with Crippen LogP contribution in [-0.2, 0) is 0 Å². The third kappa shape index (κ3) is 6.58. The van der Waals surface area contributed by atoms with Crippen LogP contribution in [0.25, 0.3) is 0 Å².